The number of fused-ring (bicyclic) bond motifs is 1. The van der Waals surface area contributed by atoms with Crippen LogP contribution in [0.25, 0.3) is 0 Å². The monoisotopic (exact) mass is 359 g/mol. The third kappa shape index (κ3) is 2.88. The van der Waals surface area contributed by atoms with Crippen LogP contribution in [0.3, 0.4) is 0 Å². The van der Waals surface area contributed by atoms with E-state index >= 15 is 0 Å². The lowest BCUT2D eigenvalue weighted by atomic mass is 10.1. The third-order valence-corrected chi connectivity index (χ3v) is 4.34. The maximum Gasteiger partial charge on any atom is 0.274 e. The molecule has 0 saturated heterocycles. The highest BCUT2D eigenvalue weighted by atomic mass is 79.9. The van der Waals surface area contributed by atoms with Gasteiger partial charge in [-0.2, -0.15) is 0 Å². The molecule has 0 atom stereocenters. The Morgan fingerprint density at radius 1 is 1.32 bits per heavy atom. The highest BCUT2D eigenvalue weighted by Gasteiger charge is 2.16. The summed E-state index contributed by atoms with van der Waals surface area (Å²) in [7, 11) is 0. The minimum Gasteiger partial charge on any atom is -0.343 e. The van der Waals surface area contributed by atoms with Gasteiger partial charge in [-0.25, -0.2) is 10.5 Å². The number of nitrogens with zero attached hydrogens (tertiary/aromatic N) is 1. The van der Waals surface area contributed by atoms with Gasteiger partial charge in [0.05, 0.1) is 5.69 Å². The van der Waals surface area contributed by atoms with E-state index < -0.39 is 5.91 Å². The van der Waals surface area contributed by atoms with Crippen molar-refractivity contribution in [3.63, 3.8) is 0 Å². The zero-order valence-electron chi connectivity index (χ0n) is 11.9. The molecular formula is C16H14BrN3O2. The van der Waals surface area contributed by atoms with E-state index in [4.69, 9.17) is 5.21 Å². The zero-order chi connectivity index (χ0) is 15.7. The predicted octanol–water partition coefficient (Wildman–Crippen LogP) is 3.57. The molecule has 3 N–H and O–H groups in total. The van der Waals surface area contributed by atoms with Gasteiger partial charge in [-0.1, -0.05) is 28.1 Å². The van der Waals surface area contributed by atoms with Crippen LogP contribution in [0.2, 0.25) is 0 Å². The van der Waals surface area contributed by atoms with E-state index in [0.717, 1.165) is 28.1 Å². The number of carbonyl (C=O) groups is 1. The molecule has 3 rings (SSSR count). The first kappa shape index (κ1) is 14.7. The Morgan fingerprint density at radius 3 is 2.91 bits per heavy atom. The van der Waals surface area contributed by atoms with Crippen molar-refractivity contribution in [1.29, 1.82) is 0 Å². The van der Waals surface area contributed by atoms with E-state index in [9.17, 15) is 4.79 Å². The number of aryl methyl sites for hydroxylation is 1. The van der Waals surface area contributed by atoms with Crippen molar-refractivity contribution in [1.82, 2.24) is 5.48 Å². The molecule has 0 radical (unpaired) electrons. The van der Waals surface area contributed by atoms with E-state index in [0.29, 0.717) is 5.56 Å². The van der Waals surface area contributed by atoms with Crippen molar-refractivity contribution in [2.45, 2.75) is 13.3 Å². The van der Waals surface area contributed by atoms with E-state index in [1.807, 2.05) is 19.1 Å². The topological polar surface area (TPSA) is 73.7 Å². The van der Waals surface area contributed by atoms with Crippen molar-refractivity contribution in [2.24, 2.45) is 4.99 Å². The number of aliphatic imine (C=N–C) groups is 1. The van der Waals surface area contributed by atoms with Gasteiger partial charge in [0.25, 0.3) is 5.91 Å². The minimum absolute atomic E-state index is 0.377. The lowest BCUT2D eigenvalue weighted by molar-refractivity contribution is 0.0706. The Morgan fingerprint density at radius 2 is 2.14 bits per heavy atom. The quantitative estimate of drug-likeness (QED) is 0.566. The van der Waals surface area contributed by atoms with Crippen molar-refractivity contribution < 1.29 is 10.0 Å². The molecule has 0 unspecified atom stereocenters. The van der Waals surface area contributed by atoms with Gasteiger partial charge in [-0.3, -0.25) is 10.0 Å². The number of benzene rings is 2. The smallest absolute Gasteiger partial charge is 0.274 e. The molecule has 0 aliphatic carbocycles. The van der Waals surface area contributed by atoms with Gasteiger partial charge in [0, 0.05) is 22.1 Å². The summed E-state index contributed by atoms with van der Waals surface area (Å²) in [5, 5.41) is 11.9. The van der Waals surface area contributed by atoms with Gasteiger partial charge in [0.2, 0.25) is 0 Å². The number of rotatable bonds is 2. The number of halogens is 1. The second kappa shape index (κ2) is 5.90. The highest BCUT2D eigenvalue weighted by Crippen LogP contribution is 2.32. The summed E-state index contributed by atoms with van der Waals surface area (Å²) in [6.07, 6.45) is 0.722. The Kier molecular flexibility index (Phi) is 3.96. The third-order valence-electron chi connectivity index (χ3n) is 3.49. The Hall–Kier alpha value is -2.18. The van der Waals surface area contributed by atoms with Gasteiger partial charge in [-0.15, -0.1) is 0 Å². The molecule has 1 amide bonds. The molecule has 0 spiro atoms. The summed E-state index contributed by atoms with van der Waals surface area (Å²) in [4.78, 5) is 16.0. The fourth-order valence-corrected chi connectivity index (χ4v) is 2.71. The SMILES string of the molecule is Cc1cc2c(cc1Br)N=C(Nc1cccc(C(=O)NO)c1)C2. The lowest BCUT2D eigenvalue weighted by Gasteiger charge is -2.07. The Labute approximate surface area is 136 Å². The summed E-state index contributed by atoms with van der Waals surface area (Å²) in [5.41, 5.74) is 6.06. The van der Waals surface area contributed by atoms with E-state index in [1.165, 1.54) is 11.1 Å². The van der Waals surface area contributed by atoms with Crippen LogP contribution in [0.1, 0.15) is 21.5 Å². The number of hydrogen-bond acceptors (Lipinski definition) is 4. The number of anilines is 1. The first-order valence-electron chi connectivity index (χ1n) is 6.75. The average Bonchev–Trinajstić information content (AvgIpc) is 2.88. The first-order valence-corrected chi connectivity index (χ1v) is 7.54. The Bertz CT molecular complexity index is 787. The van der Waals surface area contributed by atoms with Crippen LogP contribution in [-0.4, -0.2) is 17.0 Å². The normalized spacial score (nSPS) is 12.6. The van der Waals surface area contributed by atoms with Crippen LogP contribution in [0.15, 0.2) is 45.9 Å². The average molecular weight is 360 g/mol. The molecule has 0 aromatic heterocycles. The van der Waals surface area contributed by atoms with Gasteiger partial charge >= 0.3 is 0 Å². The van der Waals surface area contributed by atoms with Crippen LogP contribution in [0.5, 0.6) is 0 Å². The maximum absolute atomic E-state index is 11.4. The first-order chi connectivity index (χ1) is 10.6. The van der Waals surface area contributed by atoms with Crippen molar-refractivity contribution >= 4 is 39.0 Å². The number of amidine groups is 1. The molecule has 0 saturated carbocycles. The molecule has 0 fully saturated rings. The van der Waals surface area contributed by atoms with E-state index in [-0.39, 0.29) is 0 Å². The molecule has 1 aliphatic heterocycles. The molecule has 2 aromatic carbocycles. The molecule has 5 nitrogen and oxygen atoms in total. The molecule has 6 heteroatoms. The highest BCUT2D eigenvalue weighted by molar-refractivity contribution is 9.10. The molecule has 1 aliphatic rings. The molecule has 0 bridgehead atoms. The molecule has 22 heavy (non-hydrogen) atoms. The Balaban J connectivity index is 1.81. The standard InChI is InChI=1S/C16H14BrN3O2/c1-9-5-11-7-15(19-14(11)8-13(9)17)18-12-4-2-3-10(6-12)16(21)20-22/h2-6,8,22H,7H2,1H3,(H,18,19)(H,20,21). The summed E-state index contributed by atoms with van der Waals surface area (Å²) in [6.45, 7) is 2.05. The second-order valence-corrected chi connectivity index (χ2v) is 5.97. The minimum atomic E-state index is -0.542. The molecular weight excluding hydrogens is 346 g/mol. The number of hydroxylamine groups is 1. The van der Waals surface area contributed by atoms with Crippen molar-refractivity contribution in [3.05, 3.63) is 57.6 Å². The van der Waals surface area contributed by atoms with Gasteiger partial charge in [0.15, 0.2) is 0 Å². The number of hydrogen-bond donors (Lipinski definition) is 3. The fourth-order valence-electron chi connectivity index (χ4n) is 2.38. The van der Waals surface area contributed by atoms with E-state index in [2.05, 4.69) is 32.3 Å². The van der Waals surface area contributed by atoms with Gasteiger partial charge in [0.1, 0.15) is 5.84 Å². The lowest BCUT2D eigenvalue weighted by Crippen LogP contribution is -2.19. The molecule has 1 heterocycles. The van der Waals surface area contributed by atoms with Crippen LogP contribution in [0.4, 0.5) is 11.4 Å². The summed E-state index contributed by atoms with van der Waals surface area (Å²) in [6, 6.07) is 11.0. The largest absolute Gasteiger partial charge is 0.343 e. The molecule has 112 valence electrons. The van der Waals surface area contributed by atoms with Crippen molar-refractivity contribution in [3.8, 4) is 0 Å². The summed E-state index contributed by atoms with van der Waals surface area (Å²) >= 11 is 3.51. The number of nitrogens with one attached hydrogen (secondary N) is 2. The van der Waals surface area contributed by atoms with Crippen LogP contribution < -0.4 is 10.8 Å². The van der Waals surface area contributed by atoms with E-state index in [1.54, 1.807) is 23.7 Å². The summed E-state index contributed by atoms with van der Waals surface area (Å²) in [5.74, 6) is 0.286. The number of carbonyl (C=O) groups excluding carboxylic acids is 1. The van der Waals surface area contributed by atoms with Gasteiger partial charge in [-0.05, 0) is 42.3 Å². The molecule has 2 aromatic rings. The van der Waals surface area contributed by atoms with Gasteiger partial charge < -0.3 is 5.32 Å². The number of amides is 1. The van der Waals surface area contributed by atoms with Crippen LogP contribution >= 0.6 is 15.9 Å². The van der Waals surface area contributed by atoms with Crippen molar-refractivity contribution in [2.75, 3.05) is 5.32 Å². The summed E-state index contributed by atoms with van der Waals surface area (Å²) < 4.78 is 1.04. The van der Waals surface area contributed by atoms with Crippen LogP contribution in [0, 0.1) is 6.92 Å². The van der Waals surface area contributed by atoms with Crippen LogP contribution in [-0.2, 0) is 6.42 Å². The maximum atomic E-state index is 11.4. The predicted molar refractivity (Wildman–Crippen MR) is 89.0 cm³/mol. The fraction of sp³-hybridized carbons (Fsp3) is 0.125. The second-order valence-electron chi connectivity index (χ2n) is 5.11. The zero-order valence-corrected chi connectivity index (χ0v) is 13.4.